The number of pyridine rings is 1. The van der Waals surface area contributed by atoms with Gasteiger partial charge in [-0.1, -0.05) is 0 Å². The highest BCUT2D eigenvalue weighted by Crippen LogP contribution is 2.28. The maximum atomic E-state index is 12.4. The second kappa shape index (κ2) is 7.52. The molecule has 0 saturated carbocycles. The van der Waals surface area contributed by atoms with Crippen molar-refractivity contribution in [2.75, 3.05) is 18.4 Å². The summed E-state index contributed by atoms with van der Waals surface area (Å²) in [6.45, 7) is 0.849. The first-order valence-electron chi connectivity index (χ1n) is 6.78. The van der Waals surface area contributed by atoms with E-state index in [-0.39, 0.29) is 11.6 Å². The molecule has 122 valence electrons. The van der Waals surface area contributed by atoms with Gasteiger partial charge in [0.25, 0.3) is 5.91 Å². The van der Waals surface area contributed by atoms with Crippen molar-refractivity contribution in [3.8, 4) is 0 Å². The quantitative estimate of drug-likeness (QED) is 0.795. The highest BCUT2D eigenvalue weighted by molar-refractivity contribution is 5.91. The molecule has 0 atom stereocenters. The normalized spacial score (nSPS) is 11.1. The van der Waals surface area contributed by atoms with Crippen LogP contribution in [0, 0.1) is 0 Å². The summed E-state index contributed by atoms with van der Waals surface area (Å²) >= 11 is 0. The van der Waals surface area contributed by atoms with Gasteiger partial charge in [0.15, 0.2) is 0 Å². The van der Waals surface area contributed by atoms with Crippen molar-refractivity contribution < 1.29 is 18.0 Å². The summed E-state index contributed by atoms with van der Waals surface area (Å²) in [4.78, 5) is 23.0. The molecule has 0 aliphatic carbocycles. The molecule has 0 aliphatic rings. The summed E-state index contributed by atoms with van der Waals surface area (Å²) < 4.78 is 37.1. The molecule has 0 radical (unpaired) electrons. The van der Waals surface area contributed by atoms with Crippen molar-refractivity contribution in [1.29, 1.82) is 0 Å². The summed E-state index contributed by atoms with van der Waals surface area (Å²) in [5.41, 5.74) is -0.566. The highest BCUT2D eigenvalue weighted by Gasteiger charge is 2.30. The van der Waals surface area contributed by atoms with E-state index < -0.39 is 11.7 Å². The second-order valence-corrected chi connectivity index (χ2v) is 4.56. The van der Waals surface area contributed by atoms with E-state index in [0.717, 1.165) is 12.3 Å². The lowest BCUT2D eigenvalue weighted by atomic mass is 10.3. The molecule has 2 heterocycles. The second-order valence-electron chi connectivity index (χ2n) is 4.56. The minimum atomic E-state index is -4.39. The third-order valence-corrected chi connectivity index (χ3v) is 2.83. The van der Waals surface area contributed by atoms with Gasteiger partial charge < -0.3 is 10.6 Å². The predicted octanol–water partition coefficient (Wildman–Crippen LogP) is 2.12. The Labute approximate surface area is 130 Å². The molecule has 9 heteroatoms. The van der Waals surface area contributed by atoms with Crippen molar-refractivity contribution in [3.63, 3.8) is 0 Å². The van der Waals surface area contributed by atoms with E-state index in [1.165, 1.54) is 24.7 Å². The van der Waals surface area contributed by atoms with Gasteiger partial charge >= 0.3 is 6.18 Å². The Kier molecular flexibility index (Phi) is 5.45. The number of anilines is 1. The minimum Gasteiger partial charge on any atom is -0.370 e. The summed E-state index contributed by atoms with van der Waals surface area (Å²) in [6, 6.07) is 2.23. The third-order valence-electron chi connectivity index (χ3n) is 2.83. The number of nitrogens with zero attached hydrogens (tertiary/aromatic N) is 3. The molecule has 1 amide bonds. The first kappa shape index (κ1) is 16.7. The summed E-state index contributed by atoms with van der Waals surface area (Å²) in [5, 5.41) is 5.54. The van der Waals surface area contributed by atoms with Crippen molar-refractivity contribution >= 4 is 11.7 Å². The Morgan fingerprint density at radius 2 is 1.91 bits per heavy atom. The SMILES string of the molecule is O=C(NCCCNc1ccc(C(F)(F)F)cn1)c1cnccn1. The summed E-state index contributed by atoms with van der Waals surface area (Å²) in [5.74, 6) is 0.0176. The Hall–Kier alpha value is -2.71. The molecule has 0 aromatic carbocycles. The molecule has 0 spiro atoms. The van der Waals surface area contributed by atoms with Gasteiger partial charge in [0.2, 0.25) is 0 Å². The topological polar surface area (TPSA) is 79.8 Å². The predicted molar refractivity (Wildman–Crippen MR) is 76.7 cm³/mol. The number of nitrogens with one attached hydrogen (secondary N) is 2. The van der Waals surface area contributed by atoms with Gasteiger partial charge in [-0.3, -0.25) is 9.78 Å². The Morgan fingerprint density at radius 3 is 2.52 bits per heavy atom. The van der Waals surface area contributed by atoms with E-state index in [1.54, 1.807) is 0 Å². The van der Waals surface area contributed by atoms with Crippen LogP contribution in [0.25, 0.3) is 0 Å². The number of hydrogen-bond donors (Lipinski definition) is 2. The molecule has 0 unspecified atom stereocenters. The van der Waals surface area contributed by atoms with Crippen LogP contribution < -0.4 is 10.6 Å². The first-order valence-corrected chi connectivity index (χ1v) is 6.78. The summed E-state index contributed by atoms with van der Waals surface area (Å²) in [6.07, 6.45) is 1.22. The van der Waals surface area contributed by atoms with Crippen molar-refractivity contribution in [2.24, 2.45) is 0 Å². The van der Waals surface area contributed by atoms with Crippen LogP contribution >= 0.6 is 0 Å². The van der Waals surface area contributed by atoms with Crippen LogP contribution in [-0.2, 0) is 6.18 Å². The monoisotopic (exact) mass is 325 g/mol. The van der Waals surface area contributed by atoms with Gasteiger partial charge in [0, 0.05) is 31.7 Å². The third kappa shape index (κ3) is 5.20. The molecule has 2 N–H and O–H groups in total. The van der Waals surface area contributed by atoms with E-state index in [4.69, 9.17) is 0 Å². The molecular weight excluding hydrogens is 311 g/mol. The van der Waals surface area contributed by atoms with Crippen LogP contribution in [0.4, 0.5) is 19.0 Å². The number of rotatable bonds is 6. The van der Waals surface area contributed by atoms with Crippen LogP contribution in [0.1, 0.15) is 22.5 Å². The van der Waals surface area contributed by atoms with Gasteiger partial charge in [-0.25, -0.2) is 9.97 Å². The van der Waals surface area contributed by atoms with Crippen LogP contribution in [0.15, 0.2) is 36.9 Å². The van der Waals surface area contributed by atoms with Gasteiger partial charge in [-0.05, 0) is 18.6 Å². The number of amides is 1. The van der Waals surface area contributed by atoms with Crippen molar-refractivity contribution in [3.05, 3.63) is 48.2 Å². The molecule has 2 rings (SSSR count). The van der Waals surface area contributed by atoms with E-state index in [2.05, 4.69) is 25.6 Å². The van der Waals surface area contributed by atoms with Crippen LogP contribution in [0.5, 0.6) is 0 Å². The fourth-order valence-electron chi connectivity index (χ4n) is 1.68. The Bertz CT molecular complexity index is 631. The lowest BCUT2D eigenvalue weighted by Gasteiger charge is -2.09. The van der Waals surface area contributed by atoms with Crippen LogP contribution in [-0.4, -0.2) is 33.9 Å². The van der Waals surface area contributed by atoms with E-state index in [1.807, 2.05) is 0 Å². The van der Waals surface area contributed by atoms with Crippen LogP contribution in [0.3, 0.4) is 0 Å². The zero-order chi connectivity index (χ0) is 16.7. The van der Waals surface area contributed by atoms with Gasteiger partial charge in [-0.2, -0.15) is 13.2 Å². The number of carbonyl (C=O) groups is 1. The smallest absolute Gasteiger partial charge is 0.370 e. The largest absolute Gasteiger partial charge is 0.417 e. The van der Waals surface area contributed by atoms with Crippen LogP contribution in [0.2, 0.25) is 0 Å². The molecule has 0 fully saturated rings. The zero-order valence-corrected chi connectivity index (χ0v) is 12.0. The lowest BCUT2D eigenvalue weighted by Crippen LogP contribution is -2.26. The lowest BCUT2D eigenvalue weighted by molar-refractivity contribution is -0.137. The number of aromatic nitrogens is 3. The van der Waals surface area contributed by atoms with Gasteiger partial charge in [-0.15, -0.1) is 0 Å². The average molecular weight is 325 g/mol. The first-order chi connectivity index (χ1) is 11.0. The number of alkyl halides is 3. The molecular formula is C14H14F3N5O. The zero-order valence-electron chi connectivity index (χ0n) is 12.0. The van der Waals surface area contributed by atoms with Gasteiger partial charge in [0.1, 0.15) is 11.5 Å². The van der Waals surface area contributed by atoms with Crippen molar-refractivity contribution in [2.45, 2.75) is 12.6 Å². The summed E-state index contributed by atoms with van der Waals surface area (Å²) in [7, 11) is 0. The Balaban J connectivity index is 1.69. The number of halogens is 3. The van der Waals surface area contributed by atoms with Gasteiger partial charge in [0.05, 0.1) is 11.8 Å². The number of carbonyl (C=O) groups excluding carboxylic acids is 1. The molecule has 2 aromatic heterocycles. The number of hydrogen-bond acceptors (Lipinski definition) is 5. The molecule has 0 saturated heterocycles. The Morgan fingerprint density at radius 1 is 1.09 bits per heavy atom. The standard InChI is InChI=1S/C14H14F3N5O/c15-14(16,17)10-2-3-12(22-8-10)20-4-1-5-21-13(23)11-9-18-6-7-19-11/h2-3,6-9H,1,4-5H2,(H,20,22)(H,21,23). The van der Waals surface area contributed by atoms with E-state index in [0.29, 0.717) is 25.3 Å². The fourth-order valence-corrected chi connectivity index (χ4v) is 1.68. The van der Waals surface area contributed by atoms with E-state index in [9.17, 15) is 18.0 Å². The molecule has 2 aromatic rings. The molecule has 0 bridgehead atoms. The maximum Gasteiger partial charge on any atom is 0.417 e. The van der Waals surface area contributed by atoms with E-state index >= 15 is 0 Å². The van der Waals surface area contributed by atoms with Crippen molar-refractivity contribution in [1.82, 2.24) is 20.3 Å². The molecule has 23 heavy (non-hydrogen) atoms. The molecule has 6 nitrogen and oxygen atoms in total. The molecule has 0 aliphatic heterocycles. The average Bonchev–Trinajstić information content (AvgIpc) is 2.55. The fraction of sp³-hybridized carbons (Fsp3) is 0.286. The highest BCUT2D eigenvalue weighted by atomic mass is 19.4. The maximum absolute atomic E-state index is 12.4. The minimum absolute atomic E-state index is 0.227.